The second-order valence-corrected chi connectivity index (χ2v) is 16.9. The van der Waals surface area contributed by atoms with Crippen LogP contribution in [0, 0.1) is 46.3 Å². The van der Waals surface area contributed by atoms with E-state index in [0.717, 1.165) is 51.4 Å². The van der Waals surface area contributed by atoms with E-state index in [1.807, 2.05) is 0 Å². The lowest BCUT2D eigenvalue weighted by atomic mass is 9.43. The molecule has 4 rings (SSSR count). The first-order valence-electron chi connectivity index (χ1n) is 21.7. The third-order valence-corrected chi connectivity index (χ3v) is 13.8. The van der Waals surface area contributed by atoms with E-state index in [-0.39, 0.29) is 61.5 Å². The van der Waals surface area contributed by atoms with Crippen molar-refractivity contribution in [2.75, 3.05) is 119 Å². The Hall–Kier alpha value is -1.01. The first-order chi connectivity index (χ1) is 27.2. The minimum atomic E-state index is -0.118. The van der Waals surface area contributed by atoms with E-state index in [1.54, 1.807) is 0 Å². The number of carbonyl (C=O) groups excluding carboxylic acids is 1. The van der Waals surface area contributed by atoms with Crippen molar-refractivity contribution in [3.63, 3.8) is 0 Å². The Morgan fingerprint density at radius 3 is 1.86 bits per heavy atom. The Bertz CT molecular complexity index is 1070. The summed E-state index contributed by atoms with van der Waals surface area (Å²) in [5, 5.41) is 39.5. The number of hydrogen-bond donors (Lipinski definition) is 5. The van der Waals surface area contributed by atoms with Gasteiger partial charge in [-0.05, 0) is 92.3 Å². The van der Waals surface area contributed by atoms with Gasteiger partial charge in [-0.1, -0.05) is 20.8 Å². The summed E-state index contributed by atoms with van der Waals surface area (Å²) in [6, 6.07) is 0. The molecule has 328 valence electrons. The smallest absolute Gasteiger partial charge is 0.220 e. The number of ether oxygens (including phenoxy) is 8. The van der Waals surface area contributed by atoms with Gasteiger partial charge in [0.25, 0.3) is 0 Å². The quantitative estimate of drug-likeness (QED) is 0.0669. The lowest BCUT2D eigenvalue weighted by Gasteiger charge is -2.64. The largest absolute Gasteiger partial charge is 0.394 e. The highest BCUT2D eigenvalue weighted by atomic mass is 16.5. The first-order valence-corrected chi connectivity index (χ1v) is 21.7. The highest BCUT2D eigenvalue weighted by Gasteiger charge is 2.66. The van der Waals surface area contributed by atoms with Crippen LogP contribution in [0.5, 0.6) is 0 Å². The number of fused-ring (bicyclic) bond motifs is 5. The number of rotatable bonds is 30. The van der Waals surface area contributed by atoms with Crippen molar-refractivity contribution in [2.45, 2.75) is 96.9 Å². The molecule has 0 aromatic heterocycles. The molecule has 0 spiro atoms. The number of nitrogens with one attached hydrogen (secondary N) is 1. The standard InChI is InChI=1S/C42H77NO13/c1-31(4-7-39(48)43-10-15-49-20-21-50-16-11-44)34-5-6-35-40-36(30-38(42(34,35)3)56-27-24-53-19-14-47)41(2)9-8-33(54-25-22-51-17-12-45)28-32(41)29-37(40)55-26-23-52-18-13-46/h31-38,40,44-47H,4-30H2,1-3H3,(H,43,48)/t31-,32+,33-,34-,35+,36+,37-,38+,40+,41+,42-/m1/s1. The normalized spacial score (nSPS) is 33.1. The molecule has 14 nitrogen and oxygen atoms in total. The van der Waals surface area contributed by atoms with Gasteiger partial charge in [0.05, 0.1) is 131 Å². The number of carbonyl (C=O) groups is 1. The summed E-state index contributed by atoms with van der Waals surface area (Å²) < 4.78 is 47.7. The molecule has 4 saturated carbocycles. The molecule has 0 aliphatic heterocycles. The first kappa shape index (κ1) is 47.7. The van der Waals surface area contributed by atoms with Crippen LogP contribution in [0.2, 0.25) is 0 Å². The van der Waals surface area contributed by atoms with Crippen molar-refractivity contribution in [1.82, 2.24) is 5.32 Å². The minimum Gasteiger partial charge on any atom is -0.394 e. The molecule has 1 amide bonds. The Kier molecular flexibility index (Phi) is 21.8. The molecular formula is C42H77NO13. The molecule has 0 bridgehead atoms. The van der Waals surface area contributed by atoms with Crippen LogP contribution in [0.3, 0.4) is 0 Å². The molecule has 4 fully saturated rings. The molecule has 0 heterocycles. The van der Waals surface area contributed by atoms with Gasteiger partial charge in [-0.3, -0.25) is 4.79 Å². The molecule has 0 saturated heterocycles. The molecular weight excluding hydrogens is 726 g/mol. The van der Waals surface area contributed by atoms with Gasteiger partial charge >= 0.3 is 0 Å². The molecule has 5 N–H and O–H groups in total. The average Bonchev–Trinajstić information content (AvgIpc) is 3.56. The van der Waals surface area contributed by atoms with Gasteiger partial charge in [-0.2, -0.15) is 0 Å². The maximum absolute atomic E-state index is 12.9. The highest BCUT2D eigenvalue weighted by molar-refractivity contribution is 5.75. The van der Waals surface area contributed by atoms with Crippen LogP contribution in [0.4, 0.5) is 0 Å². The zero-order chi connectivity index (χ0) is 40.2. The summed E-state index contributed by atoms with van der Waals surface area (Å²) in [4.78, 5) is 12.9. The van der Waals surface area contributed by atoms with Crippen molar-refractivity contribution in [3.8, 4) is 0 Å². The SMILES string of the molecule is C[C@H](CCC(=O)NCCOCCOCCO)[C@H]1CC[C@H]2[C@@H]3[C@H](OCCOCCO)C[C@@H]4C[C@H](OCCOCCO)CC[C@]4(C)[C@H]3C[C@H](OCCOCCO)[C@]12C. The summed E-state index contributed by atoms with van der Waals surface area (Å²) in [5.41, 5.74) is -0.00744. The van der Waals surface area contributed by atoms with Crippen molar-refractivity contribution in [1.29, 1.82) is 0 Å². The van der Waals surface area contributed by atoms with Crippen LogP contribution in [0.25, 0.3) is 0 Å². The van der Waals surface area contributed by atoms with Crippen LogP contribution < -0.4 is 5.32 Å². The fraction of sp³-hybridized carbons (Fsp3) is 0.976. The summed E-state index contributed by atoms with van der Waals surface area (Å²) in [5.74, 6) is 2.32. The predicted molar refractivity (Wildman–Crippen MR) is 209 cm³/mol. The summed E-state index contributed by atoms with van der Waals surface area (Å²) in [7, 11) is 0. The molecule has 14 heteroatoms. The Balaban J connectivity index is 1.48. The van der Waals surface area contributed by atoms with Crippen LogP contribution >= 0.6 is 0 Å². The van der Waals surface area contributed by atoms with Gasteiger partial charge in [-0.25, -0.2) is 0 Å². The molecule has 56 heavy (non-hydrogen) atoms. The number of aliphatic hydroxyl groups is 4. The number of aliphatic hydroxyl groups excluding tert-OH is 4. The van der Waals surface area contributed by atoms with Crippen LogP contribution in [0.1, 0.15) is 78.6 Å². The second kappa shape index (κ2) is 25.6. The van der Waals surface area contributed by atoms with E-state index in [1.165, 1.54) is 0 Å². The van der Waals surface area contributed by atoms with Crippen molar-refractivity contribution < 1.29 is 63.1 Å². The van der Waals surface area contributed by atoms with Gasteiger partial charge < -0.3 is 63.6 Å². The molecule has 4 aliphatic rings. The topological polar surface area (TPSA) is 184 Å². The van der Waals surface area contributed by atoms with E-state index < -0.39 is 0 Å². The van der Waals surface area contributed by atoms with E-state index >= 15 is 0 Å². The third-order valence-electron chi connectivity index (χ3n) is 13.8. The van der Waals surface area contributed by atoms with Gasteiger partial charge in [0, 0.05) is 18.4 Å². The lowest BCUT2D eigenvalue weighted by molar-refractivity contribution is -0.230. The Morgan fingerprint density at radius 2 is 1.23 bits per heavy atom. The summed E-state index contributed by atoms with van der Waals surface area (Å²) in [6.45, 7) is 13.0. The van der Waals surface area contributed by atoms with E-state index in [9.17, 15) is 15.0 Å². The van der Waals surface area contributed by atoms with Crippen LogP contribution in [-0.4, -0.2) is 164 Å². The molecule has 4 aliphatic carbocycles. The van der Waals surface area contributed by atoms with Gasteiger partial charge in [0.1, 0.15) is 0 Å². The predicted octanol–water partition coefficient (Wildman–Crippen LogP) is 2.61. The molecule has 0 radical (unpaired) electrons. The van der Waals surface area contributed by atoms with Gasteiger partial charge in [0.15, 0.2) is 0 Å². The van der Waals surface area contributed by atoms with Gasteiger partial charge in [-0.15, -0.1) is 0 Å². The third kappa shape index (κ3) is 13.2. The lowest BCUT2D eigenvalue weighted by Crippen LogP contribution is -2.63. The fourth-order valence-corrected chi connectivity index (χ4v) is 11.2. The highest BCUT2D eigenvalue weighted by Crippen LogP contribution is 2.69. The van der Waals surface area contributed by atoms with E-state index in [4.69, 9.17) is 48.1 Å². The second-order valence-electron chi connectivity index (χ2n) is 16.9. The Morgan fingerprint density at radius 1 is 0.661 bits per heavy atom. The minimum absolute atomic E-state index is 0.00787. The average molecular weight is 804 g/mol. The molecule has 0 aromatic rings. The van der Waals surface area contributed by atoms with E-state index in [0.29, 0.717) is 134 Å². The number of amides is 1. The fourth-order valence-electron chi connectivity index (χ4n) is 11.2. The maximum atomic E-state index is 12.9. The van der Waals surface area contributed by atoms with Crippen LogP contribution in [-0.2, 0) is 42.7 Å². The summed E-state index contributed by atoms with van der Waals surface area (Å²) >= 11 is 0. The van der Waals surface area contributed by atoms with Crippen molar-refractivity contribution >= 4 is 5.91 Å². The molecule has 11 atom stereocenters. The van der Waals surface area contributed by atoms with Crippen molar-refractivity contribution in [2.24, 2.45) is 46.3 Å². The summed E-state index contributed by atoms with van der Waals surface area (Å²) in [6.07, 6.45) is 8.69. The zero-order valence-corrected chi connectivity index (χ0v) is 34.8. The number of hydrogen-bond acceptors (Lipinski definition) is 13. The van der Waals surface area contributed by atoms with E-state index in [2.05, 4.69) is 26.1 Å². The molecule has 0 unspecified atom stereocenters. The Labute approximate surface area is 335 Å². The van der Waals surface area contributed by atoms with Gasteiger partial charge in [0.2, 0.25) is 5.91 Å². The zero-order valence-electron chi connectivity index (χ0n) is 34.8. The molecule has 0 aromatic carbocycles. The van der Waals surface area contributed by atoms with Crippen molar-refractivity contribution in [3.05, 3.63) is 0 Å². The maximum Gasteiger partial charge on any atom is 0.220 e. The monoisotopic (exact) mass is 804 g/mol. The van der Waals surface area contributed by atoms with Crippen LogP contribution in [0.15, 0.2) is 0 Å².